The molecule has 3 fully saturated rings. The molecule has 0 aromatic rings. The number of halogens is 1. The van der Waals surface area contributed by atoms with Crippen LogP contribution in [0.1, 0.15) is 98.8 Å². The minimum atomic E-state index is 0.257. The number of hydrogen-bond acceptors (Lipinski definition) is 1. The Balaban J connectivity index is 1.53. The first-order valence-corrected chi connectivity index (χ1v) is 13.5. The quantitative estimate of drug-likeness (QED) is 0.378. The summed E-state index contributed by atoms with van der Waals surface area (Å²) in [6, 6.07) is 0. The summed E-state index contributed by atoms with van der Waals surface area (Å²) in [5.74, 6) is 5.54. The second-order valence-electron chi connectivity index (χ2n) is 12.1. The summed E-state index contributed by atoms with van der Waals surface area (Å²) in [6.07, 6.45) is 15.1. The highest BCUT2D eigenvalue weighted by molar-refractivity contribution is 9.09. The Kier molecular flexibility index (Phi) is 6.17. The van der Waals surface area contributed by atoms with Crippen LogP contribution in [0.2, 0.25) is 0 Å². The third-order valence-corrected chi connectivity index (χ3v) is 11.0. The highest BCUT2D eigenvalue weighted by Crippen LogP contribution is 2.68. The Labute approximate surface area is 188 Å². The van der Waals surface area contributed by atoms with Crippen LogP contribution in [0.3, 0.4) is 0 Å². The van der Waals surface area contributed by atoms with E-state index >= 15 is 0 Å². The van der Waals surface area contributed by atoms with Gasteiger partial charge in [0.25, 0.3) is 0 Å². The van der Waals surface area contributed by atoms with Crippen molar-refractivity contribution < 1.29 is 4.79 Å². The van der Waals surface area contributed by atoms with Crippen LogP contribution in [0.5, 0.6) is 0 Å². The Morgan fingerprint density at radius 3 is 2.55 bits per heavy atom. The summed E-state index contributed by atoms with van der Waals surface area (Å²) < 4.78 is 0. The van der Waals surface area contributed by atoms with Gasteiger partial charge in [0.2, 0.25) is 0 Å². The molecule has 2 heteroatoms. The summed E-state index contributed by atoms with van der Waals surface area (Å²) in [5, 5.41) is 0. The predicted molar refractivity (Wildman–Crippen MR) is 126 cm³/mol. The van der Waals surface area contributed by atoms with E-state index in [2.05, 4.69) is 50.5 Å². The van der Waals surface area contributed by atoms with Gasteiger partial charge in [0.15, 0.2) is 5.78 Å². The van der Waals surface area contributed by atoms with Crippen LogP contribution in [0.4, 0.5) is 0 Å². The monoisotopic (exact) mass is 462 g/mol. The average molecular weight is 464 g/mol. The first-order chi connectivity index (χ1) is 13.7. The maximum absolute atomic E-state index is 12.1. The molecule has 0 spiro atoms. The van der Waals surface area contributed by atoms with Crippen molar-refractivity contribution >= 4 is 21.7 Å². The fourth-order valence-corrected chi connectivity index (χ4v) is 9.67. The Bertz CT molecular complexity index is 665. The molecule has 0 N–H and O–H groups in total. The third-order valence-electron chi connectivity index (χ3n) is 10.1. The largest absolute Gasteiger partial charge is 0.295 e. The molecule has 4 aliphatic carbocycles. The molecular weight excluding hydrogens is 420 g/mol. The zero-order valence-corrected chi connectivity index (χ0v) is 21.1. The van der Waals surface area contributed by atoms with Crippen LogP contribution in [0.15, 0.2) is 11.6 Å². The fourth-order valence-electron chi connectivity index (χ4n) is 8.58. The second-order valence-corrected chi connectivity index (χ2v) is 13.2. The maximum atomic E-state index is 12.1. The van der Waals surface area contributed by atoms with E-state index in [1.165, 1.54) is 56.9 Å². The second kappa shape index (κ2) is 8.10. The maximum Gasteiger partial charge on any atom is 0.155 e. The molecule has 4 aliphatic rings. The smallest absolute Gasteiger partial charge is 0.155 e. The molecule has 0 saturated heterocycles. The number of alkyl halides is 1. The summed E-state index contributed by atoms with van der Waals surface area (Å²) in [5.41, 5.74) is 2.25. The van der Waals surface area contributed by atoms with E-state index in [0.717, 1.165) is 48.3 Å². The molecule has 29 heavy (non-hydrogen) atoms. The molecule has 1 nitrogen and oxygen atoms in total. The van der Waals surface area contributed by atoms with Crippen LogP contribution < -0.4 is 0 Å². The number of carbonyl (C=O) groups is 1. The standard InChI is InChI=1S/C27H43BrO/c1-17(2)7-6-8-18(3)21-9-10-22-20-16-25(28)24-15-19(29)11-13-27(24,5)23(20)12-14-26(21,22)4/h15,17-18,20-23,25H,6-14,16H2,1-5H3/t18-,20+,21-,22+,23+,25+,26-,27-/m1/s1. The molecule has 4 rings (SSSR count). The summed E-state index contributed by atoms with van der Waals surface area (Å²) in [6.45, 7) is 12.5. The number of carbonyl (C=O) groups excluding carboxylic acids is 1. The minimum absolute atomic E-state index is 0.257. The Morgan fingerprint density at radius 1 is 1.07 bits per heavy atom. The number of allylic oxidation sites excluding steroid dienone is 1. The lowest BCUT2D eigenvalue weighted by atomic mass is 9.46. The first kappa shape index (κ1) is 22.1. The van der Waals surface area contributed by atoms with E-state index in [-0.39, 0.29) is 5.41 Å². The van der Waals surface area contributed by atoms with Crippen molar-refractivity contribution in [2.24, 2.45) is 46.3 Å². The van der Waals surface area contributed by atoms with Gasteiger partial charge < -0.3 is 0 Å². The molecule has 0 heterocycles. The lowest BCUT2D eigenvalue weighted by Crippen LogP contribution is -2.53. The molecular formula is C27H43BrO. The SMILES string of the molecule is CC(C)CCC[C@@H](C)[C@H]1CC[C@H]2[C@@H]3C[C@H](Br)C4=CC(=O)CC[C@]4(C)[C@H]3CC[C@]12C. The molecule has 0 radical (unpaired) electrons. The minimum Gasteiger partial charge on any atom is -0.295 e. The van der Waals surface area contributed by atoms with Crippen LogP contribution in [-0.2, 0) is 4.79 Å². The van der Waals surface area contributed by atoms with Crippen molar-refractivity contribution in [1.29, 1.82) is 0 Å². The summed E-state index contributed by atoms with van der Waals surface area (Å²) in [7, 11) is 0. The van der Waals surface area contributed by atoms with E-state index in [1.807, 2.05) is 6.08 Å². The number of ketones is 1. The van der Waals surface area contributed by atoms with Gasteiger partial charge in [-0.1, -0.05) is 69.8 Å². The van der Waals surface area contributed by atoms with E-state index in [4.69, 9.17) is 0 Å². The lowest BCUT2D eigenvalue weighted by molar-refractivity contribution is -0.117. The number of rotatable bonds is 5. The van der Waals surface area contributed by atoms with Crippen LogP contribution in [-0.4, -0.2) is 10.6 Å². The van der Waals surface area contributed by atoms with Gasteiger partial charge in [-0.3, -0.25) is 4.79 Å². The zero-order valence-electron chi connectivity index (χ0n) is 19.5. The van der Waals surface area contributed by atoms with E-state index in [1.54, 1.807) is 0 Å². The normalized spacial score (nSPS) is 45.4. The first-order valence-electron chi connectivity index (χ1n) is 12.6. The molecule has 8 atom stereocenters. The van der Waals surface area contributed by atoms with Crippen LogP contribution in [0, 0.1) is 46.3 Å². The van der Waals surface area contributed by atoms with Crippen molar-refractivity contribution in [3.05, 3.63) is 11.6 Å². The number of hydrogen-bond donors (Lipinski definition) is 0. The van der Waals surface area contributed by atoms with Crippen LogP contribution >= 0.6 is 15.9 Å². The molecule has 0 unspecified atom stereocenters. The molecule has 3 saturated carbocycles. The molecule has 0 bridgehead atoms. The van der Waals surface area contributed by atoms with Crippen LogP contribution in [0.25, 0.3) is 0 Å². The van der Waals surface area contributed by atoms with Crippen molar-refractivity contribution in [2.45, 2.75) is 104 Å². The van der Waals surface area contributed by atoms with E-state index < -0.39 is 0 Å². The van der Waals surface area contributed by atoms with Crippen molar-refractivity contribution in [3.8, 4) is 0 Å². The lowest BCUT2D eigenvalue weighted by Gasteiger charge is -2.59. The topological polar surface area (TPSA) is 17.1 Å². The predicted octanol–water partition coefficient (Wildman–Crippen LogP) is 7.97. The van der Waals surface area contributed by atoms with Gasteiger partial charge in [-0.15, -0.1) is 0 Å². The van der Waals surface area contributed by atoms with Gasteiger partial charge in [0, 0.05) is 11.2 Å². The fraction of sp³-hybridized carbons (Fsp3) is 0.889. The highest BCUT2D eigenvalue weighted by Gasteiger charge is 2.60. The van der Waals surface area contributed by atoms with E-state index in [0.29, 0.717) is 16.0 Å². The highest BCUT2D eigenvalue weighted by atomic mass is 79.9. The van der Waals surface area contributed by atoms with Crippen molar-refractivity contribution in [1.82, 2.24) is 0 Å². The average Bonchev–Trinajstić information content (AvgIpc) is 3.00. The summed E-state index contributed by atoms with van der Waals surface area (Å²) in [4.78, 5) is 12.6. The van der Waals surface area contributed by atoms with Crippen molar-refractivity contribution in [2.75, 3.05) is 0 Å². The van der Waals surface area contributed by atoms with Gasteiger partial charge in [0.05, 0.1) is 0 Å². The number of fused-ring (bicyclic) bond motifs is 5. The summed E-state index contributed by atoms with van der Waals surface area (Å²) >= 11 is 4.04. The third kappa shape index (κ3) is 3.72. The molecule has 164 valence electrons. The molecule has 0 aliphatic heterocycles. The molecule has 0 amide bonds. The Morgan fingerprint density at radius 2 is 1.83 bits per heavy atom. The van der Waals surface area contributed by atoms with Gasteiger partial charge in [-0.05, 0) is 96.5 Å². The molecule has 0 aromatic carbocycles. The molecule has 0 aromatic heterocycles. The zero-order chi connectivity index (χ0) is 21.0. The van der Waals surface area contributed by atoms with Gasteiger partial charge >= 0.3 is 0 Å². The Hall–Kier alpha value is -0.110. The van der Waals surface area contributed by atoms with Gasteiger partial charge in [-0.2, -0.15) is 0 Å². The van der Waals surface area contributed by atoms with Gasteiger partial charge in [-0.25, -0.2) is 0 Å². The van der Waals surface area contributed by atoms with Crippen molar-refractivity contribution in [3.63, 3.8) is 0 Å². The van der Waals surface area contributed by atoms with Gasteiger partial charge in [0.1, 0.15) is 0 Å². The van der Waals surface area contributed by atoms with E-state index in [9.17, 15) is 4.79 Å².